The quantitative estimate of drug-likeness (QED) is 0.254. The molecule has 2 heterocycles. The molecule has 0 unspecified atom stereocenters. The molecule has 0 saturated heterocycles. The number of hydrogen-bond donors (Lipinski definition) is 0. The van der Waals surface area contributed by atoms with Crippen molar-refractivity contribution < 1.29 is 18.4 Å². The van der Waals surface area contributed by atoms with Crippen molar-refractivity contribution in [1.82, 2.24) is 14.5 Å². The first kappa shape index (κ1) is 21.4. The normalized spacial score (nSPS) is 10.9. The molecule has 0 spiro atoms. The zero-order valence-electron chi connectivity index (χ0n) is 17.0. The molecule has 2 aromatic carbocycles. The van der Waals surface area contributed by atoms with E-state index in [2.05, 4.69) is 9.97 Å². The van der Waals surface area contributed by atoms with Crippen molar-refractivity contribution in [1.29, 1.82) is 0 Å². The summed E-state index contributed by atoms with van der Waals surface area (Å²) >= 11 is 1.31. The number of thioether (sulfide) groups is 1. The fourth-order valence-corrected chi connectivity index (χ4v) is 3.38. The number of halogens is 2. The lowest BCUT2D eigenvalue weighted by atomic mass is 10.2. The van der Waals surface area contributed by atoms with Crippen LogP contribution in [0.2, 0.25) is 0 Å². The molecule has 0 fully saturated rings. The molecule has 0 radical (unpaired) electrons. The predicted octanol–water partition coefficient (Wildman–Crippen LogP) is 4.24. The highest BCUT2D eigenvalue weighted by Crippen LogP contribution is 2.29. The van der Waals surface area contributed by atoms with E-state index in [1.165, 1.54) is 47.8 Å². The van der Waals surface area contributed by atoms with E-state index in [1.807, 2.05) is 0 Å². The van der Waals surface area contributed by atoms with Crippen LogP contribution in [0.4, 0.5) is 20.2 Å². The number of carbonyl (C=O) groups is 1. The third kappa shape index (κ3) is 4.04. The molecule has 0 saturated carbocycles. The molecule has 10 heteroatoms. The van der Waals surface area contributed by atoms with Crippen LogP contribution in [0.5, 0.6) is 0 Å². The third-order valence-electron chi connectivity index (χ3n) is 4.62. The fourth-order valence-electron chi connectivity index (χ4n) is 3.04. The van der Waals surface area contributed by atoms with Gasteiger partial charge in [0.05, 0.1) is 5.56 Å². The van der Waals surface area contributed by atoms with Crippen LogP contribution in [0.1, 0.15) is 10.4 Å². The Hall–Kier alpha value is -3.79. The third-order valence-corrected chi connectivity index (χ3v) is 5.18. The van der Waals surface area contributed by atoms with E-state index in [0.717, 1.165) is 17.2 Å². The molecule has 0 bridgehead atoms. The van der Waals surface area contributed by atoms with Crippen LogP contribution < -0.4 is 10.6 Å². The van der Waals surface area contributed by atoms with Crippen molar-refractivity contribution in [2.45, 2.75) is 5.16 Å². The molecule has 0 aliphatic heterocycles. The molecule has 0 aliphatic rings. The van der Waals surface area contributed by atoms with Crippen LogP contribution in [0.3, 0.4) is 0 Å². The van der Waals surface area contributed by atoms with E-state index in [9.17, 15) is 18.4 Å². The Morgan fingerprint density at radius 2 is 1.84 bits per heavy atom. The average molecular weight is 454 g/mol. The van der Waals surface area contributed by atoms with Gasteiger partial charge in [-0.15, -0.1) is 0 Å². The Labute approximate surface area is 185 Å². The van der Waals surface area contributed by atoms with Gasteiger partial charge in [-0.05, 0) is 36.6 Å². The first-order valence-electron chi connectivity index (χ1n) is 9.32. The van der Waals surface area contributed by atoms with Gasteiger partial charge < -0.3 is 4.84 Å². The number of hydrogen-bond acceptors (Lipinski definition) is 7. The SMILES string of the molecule is CSc1ncc2cc(N(OC(=O)c3ccccc3)c3ccc(F)cc3F)c(=O)n(C)c2n1. The number of aromatic nitrogens is 3. The van der Waals surface area contributed by atoms with Crippen LogP contribution in [-0.4, -0.2) is 26.8 Å². The Morgan fingerprint density at radius 1 is 1.09 bits per heavy atom. The van der Waals surface area contributed by atoms with E-state index in [-0.39, 0.29) is 16.9 Å². The average Bonchev–Trinajstić information content (AvgIpc) is 2.80. The summed E-state index contributed by atoms with van der Waals surface area (Å²) in [6, 6.07) is 12.1. The van der Waals surface area contributed by atoms with Crippen molar-refractivity contribution in [3.63, 3.8) is 0 Å². The van der Waals surface area contributed by atoms with Gasteiger partial charge in [-0.1, -0.05) is 30.0 Å². The molecule has 4 aromatic rings. The second-order valence-corrected chi connectivity index (χ2v) is 7.44. The second kappa shape index (κ2) is 8.75. The highest BCUT2D eigenvalue weighted by atomic mass is 32.2. The maximum Gasteiger partial charge on any atom is 0.363 e. The van der Waals surface area contributed by atoms with Gasteiger partial charge in [0.2, 0.25) is 0 Å². The van der Waals surface area contributed by atoms with E-state index in [1.54, 1.807) is 24.5 Å². The molecular formula is C22H16F2N4O3S. The molecular weight excluding hydrogens is 438 g/mol. The molecule has 32 heavy (non-hydrogen) atoms. The van der Waals surface area contributed by atoms with Gasteiger partial charge in [0.1, 0.15) is 22.8 Å². The summed E-state index contributed by atoms with van der Waals surface area (Å²) in [6.07, 6.45) is 3.31. The van der Waals surface area contributed by atoms with Crippen molar-refractivity contribution in [3.05, 3.63) is 88.3 Å². The zero-order chi connectivity index (χ0) is 22.8. The van der Waals surface area contributed by atoms with Gasteiger partial charge in [0.15, 0.2) is 11.0 Å². The van der Waals surface area contributed by atoms with Gasteiger partial charge in [0, 0.05) is 24.7 Å². The molecule has 0 atom stereocenters. The van der Waals surface area contributed by atoms with Crippen LogP contribution in [0.25, 0.3) is 11.0 Å². The molecule has 162 valence electrons. The topological polar surface area (TPSA) is 77.3 Å². The number of anilines is 2. The van der Waals surface area contributed by atoms with Crippen LogP contribution in [-0.2, 0) is 11.9 Å². The summed E-state index contributed by atoms with van der Waals surface area (Å²) in [6.45, 7) is 0. The molecule has 7 nitrogen and oxygen atoms in total. The Morgan fingerprint density at radius 3 is 2.53 bits per heavy atom. The minimum Gasteiger partial charge on any atom is -0.330 e. The maximum atomic E-state index is 14.7. The summed E-state index contributed by atoms with van der Waals surface area (Å²) in [5.74, 6) is -2.66. The molecule has 4 rings (SSSR count). The lowest BCUT2D eigenvalue weighted by Crippen LogP contribution is -2.31. The molecule has 0 aliphatic carbocycles. The lowest BCUT2D eigenvalue weighted by Gasteiger charge is -2.24. The number of fused-ring (bicyclic) bond motifs is 1. The van der Waals surface area contributed by atoms with Gasteiger partial charge in [-0.25, -0.2) is 23.5 Å². The Bertz CT molecular complexity index is 1380. The standard InChI is InChI=1S/C22H16F2N4O3S/c1-27-19-14(12-25-22(26-19)32-2)10-18(20(27)29)28(17-9-8-15(23)11-16(17)24)31-21(30)13-6-4-3-5-7-13/h3-12H,1-2H3. The van der Waals surface area contributed by atoms with Crippen molar-refractivity contribution in [2.24, 2.45) is 7.05 Å². The lowest BCUT2D eigenvalue weighted by molar-refractivity contribution is 0.0501. The van der Waals surface area contributed by atoms with Crippen LogP contribution >= 0.6 is 11.8 Å². The molecule has 0 amide bonds. The Balaban J connectivity index is 1.89. The summed E-state index contributed by atoms with van der Waals surface area (Å²) in [7, 11) is 1.49. The summed E-state index contributed by atoms with van der Waals surface area (Å²) in [4.78, 5) is 39.8. The largest absolute Gasteiger partial charge is 0.363 e. The van der Waals surface area contributed by atoms with E-state index in [0.29, 0.717) is 22.3 Å². The van der Waals surface area contributed by atoms with Gasteiger partial charge >= 0.3 is 5.97 Å². The van der Waals surface area contributed by atoms with E-state index >= 15 is 0 Å². The minimum absolute atomic E-state index is 0.171. The highest BCUT2D eigenvalue weighted by Gasteiger charge is 2.24. The first-order chi connectivity index (χ1) is 15.4. The number of nitrogens with zero attached hydrogens (tertiary/aromatic N) is 4. The number of benzene rings is 2. The predicted molar refractivity (Wildman–Crippen MR) is 117 cm³/mol. The summed E-state index contributed by atoms with van der Waals surface area (Å²) < 4.78 is 29.4. The monoisotopic (exact) mass is 454 g/mol. The first-order valence-corrected chi connectivity index (χ1v) is 10.5. The summed E-state index contributed by atoms with van der Waals surface area (Å²) in [5.41, 5.74) is -0.547. The van der Waals surface area contributed by atoms with Crippen molar-refractivity contribution in [3.8, 4) is 0 Å². The molecule has 2 aromatic heterocycles. The van der Waals surface area contributed by atoms with E-state index < -0.39 is 23.2 Å². The smallest absolute Gasteiger partial charge is 0.330 e. The Kier molecular flexibility index (Phi) is 5.87. The van der Waals surface area contributed by atoms with Gasteiger partial charge in [0.25, 0.3) is 5.56 Å². The van der Waals surface area contributed by atoms with Crippen LogP contribution in [0, 0.1) is 11.6 Å². The molecule has 0 N–H and O–H groups in total. The number of aryl methyl sites for hydroxylation is 1. The maximum absolute atomic E-state index is 14.7. The van der Waals surface area contributed by atoms with Crippen molar-refractivity contribution >= 4 is 40.1 Å². The minimum atomic E-state index is -1.01. The van der Waals surface area contributed by atoms with Gasteiger partial charge in [-0.3, -0.25) is 9.36 Å². The zero-order valence-corrected chi connectivity index (χ0v) is 17.8. The number of carbonyl (C=O) groups excluding carboxylic acids is 1. The van der Waals surface area contributed by atoms with E-state index in [4.69, 9.17) is 4.84 Å². The van der Waals surface area contributed by atoms with Crippen LogP contribution in [0.15, 0.2) is 70.7 Å². The number of rotatable bonds is 5. The van der Waals surface area contributed by atoms with Gasteiger partial charge in [-0.2, -0.15) is 5.06 Å². The number of pyridine rings is 1. The fraction of sp³-hybridized carbons (Fsp3) is 0.0909. The van der Waals surface area contributed by atoms with Crippen molar-refractivity contribution in [2.75, 3.05) is 11.3 Å². The summed E-state index contributed by atoms with van der Waals surface area (Å²) in [5, 5.41) is 1.69. The second-order valence-electron chi connectivity index (χ2n) is 6.66. The highest BCUT2D eigenvalue weighted by molar-refractivity contribution is 7.98.